The van der Waals surface area contributed by atoms with Crippen LogP contribution < -0.4 is 4.90 Å². The molecule has 0 saturated carbocycles. The molecule has 110 valence electrons. The zero-order chi connectivity index (χ0) is 15.3. The number of benzene rings is 1. The number of aliphatic carboxylic acids is 1. The van der Waals surface area contributed by atoms with Gasteiger partial charge in [-0.1, -0.05) is 26.0 Å². The van der Waals surface area contributed by atoms with Crippen LogP contribution in [0.25, 0.3) is 0 Å². The molecule has 0 aliphatic rings. The van der Waals surface area contributed by atoms with Gasteiger partial charge in [0.05, 0.1) is 12.1 Å². The van der Waals surface area contributed by atoms with Crippen molar-refractivity contribution in [2.75, 3.05) is 11.4 Å². The van der Waals surface area contributed by atoms with Gasteiger partial charge < -0.3 is 10.0 Å². The molecule has 0 aliphatic heterocycles. The molecule has 0 bridgehead atoms. The van der Waals surface area contributed by atoms with Crippen LogP contribution in [0.5, 0.6) is 0 Å². The monoisotopic (exact) mass is 281 g/mol. The van der Waals surface area contributed by atoms with Crippen LogP contribution in [0.2, 0.25) is 0 Å². The summed E-state index contributed by atoms with van der Waals surface area (Å²) in [5.41, 5.74) is -0.437. The molecule has 0 saturated heterocycles. The van der Waals surface area contributed by atoms with E-state index in [1.165, 1.54) is 11.0 Å². The van der Waals surface area contributed by atoms with E-state index in [9.17, 15) is 14.0 Å². The van der Waals surface area contributed by atoms with Crippen LogP contribution in [0, 0.1) is 11.2 Å². The van der Waals surface area contributed by atoms with E-state index in [0.29, 0.717) is 6.54 Å². The van der Waals surface area contributed by atoms with Crippen molar-refractivity contribution in [2.45, 2.75) is 33.6 Å². The van der Waals surface area contributed by atoms with Gasteiger partial charge in [0.25, 0.3) is 0 Å². The molecule has 4 nitrogen and oxygen atoms in total. The molecule has 0 radical (unpaired) electrons. The van der Waals surface area contributed by atoms with Gasteiger partial charge in [0.1, 0.15) is 5.82 Å². The van der Waals surface area contributed by atoms with Crippen molar-refractivity contribution in [3.8, 4) is 0 Å². The Balaban J connectivity index is 2.89. The number of anilines is 1. The van der Waals surface area contributed by atoms with E-state index < -0.39 is 17.2 Å². The first-order valence-electron chi connectivity index (χ1n) is 6.53. The van der Waals surface area contributed by atoms with Gasteiger partial charge in [-0.3, -0.25) is 9.59 Å². The third-order valence-electron chi connectivity index (χ3n) is 3.02. The molecule has 0 unspecified atom stereocenters. The van der Waals surface area contributed by atoms with Crippen molar-refractivity contribution in [3.63, 3.8) is 0 Å². The largest absolute Gasteiger partial charge is 0.481 e. The van der Waals surface area contributed by atoms with Crippen molar-refractivity contribution in [3.05, 3.63) is 30.1 Å². The fraction of sp³-hybridized carbons (Fsp3) is 0.467. The Morgan fingerprint density at radius 1 is 1.25 bits per heavy atom. The quantitative estimate of drug-likeness (QED) is 0.871. The lowest BCUT2D eigenvalue weighted by Gasteiger charge is -2.27. The van der Waals surface area contributed by atoms with Crippen molar-refractivity contribution in [1.29, 1.82) is 0 Å². The minimum atomic E-state index is -0.947. The van der Waals surface area contributed by atoms with Gasteiger partial charge in [0.15, 0.2) is 0 Å². The maximum atomic E-state index is 13.7. The first-order chi connectivity index (χ1) is 9.26. The van der Waals surface area contributed by atoms with E-state index in [-0.39, 0.29) is 24.4 Å². The van der Waals surface area contributed by atoms with E-state index in [1.807, 2.05) is 0 Å². The Hall–Kier alpha value is -1.91. The highest BCUT2D eigenvalue weighted by Gasteiger charge is 2.28. The molecule has 0 aromatic heterocycles. The first-order valence-corrected chi connectivity index (χ1v) is 6.53. The Morgan fingerprint density at radius 2 is 1.85 bits per heavy atom. The van der Waals surface area contributed by atoms with E-state index in [2.05, 4.69) is 0 Å². The molecule has 1 rings (SSSR count). The predicted octanol–water partition coefficient (Wildman–Crippen LogP) is 3.07. The summed E-state index contributed by atoms with van der Waals surface area (Å²) in [7, 11) is 0. The molecule has 20 heavy (non-hydrogen) atoms. The number of carbonyl (C=O) groups is 2. The van der Waals surface area contributed by atoms with E-state index in [4.69, 9.17) is 5.11 Å². The molecule has 5 heteroatoms. The summed E-state index contributed by atoms with van der Waals surface area (Å²) in [5, 5.41) is 8.83. The summed E-state index contributed by atoms with van der Waals surface area (Å²) in [6, 6.07) is 6.07. The van der Waals surface area contributed by atoms with Crippen LogP contribution in [-0.2, 0) is 9.59 Å². The van der Waals surface area contributed by atoms with E-state index in [0.717, 1.165) is 0 Å². The Kier molecular flexibility index (Phi) is 5.25. The van der Waals surface area contributed by atoms with Crippen LogP contribution in [0.15, 0.2) is 24.3 Å². The molecule has 1 aromatic rings. The van der Waals surface area contributed by atoms with E-state index >= 15 is 0 Å². The van der Waals surface area contributed by atoms with Crippen molar-refractivity contribution in [1.82, 2.24) is 0 Å². The highest BCUT2D eigenvalue weighted by atomic mass is 19.1. The van der Waals surface area contributed by atoms with Crippen molar-refractivity contribution in [2.24, 2.45) is 5.41 Å². The smallest absolute Gasteiger partial charge is 0.303 e. The van der Waals surface area contributed by atoms with Gasteiger partial charge in [0.2, 0.25) is 5.91 Å². The molecule has 0 spiro atoms. The second kappa shape index (κ2) is 6.50. The lowest BCUT2D eigenvalue weighted by Crippen LogP contribution is -2.35. The molecular formula is C15H20FNO3. The zero-order valence-corrected chi connectivity index (χ0v) is 12.0. The summed E-state index contributed by atoms with van der Waals surface area (Å²) in [6.45, 7) is 5.53. The number of rotatable bonds is 6. The van der Waals surface area contributed by atoms with Gasteiger partial charge in [-0.15, -0.1) is 0 Å². The minimum absolute atomic E-state index is 0.0570. The lowest BCUT2D eigenvalue weighted by molar-refractivity contribution is -0.139. The summed E-state index contributed by atoms with van der Waals surface area (Å²) < 4.78 is 13.7. The number of amides is 1. The number of carboxylic acid groups (broad SMARTS) is 1. The average molecular weight is 281 g/mol. The van der Waals surface area contributed by atoms with Crippen molar-refractivity contribution >= 4 is 17.6 Å². The zero-order valence-electron chi connectivity index (χ0n) is 12.0. The number of carbonyl (C=O) groups excluding carboxylic acids is 1. The maximum Gasteiger partial charge on any atom is 0.303 e. The molecule has 1 amide bonds. The van der Waals surface area contributed by atoms with Crippen LogP contribution in [0.4, 0.5) is 10.1 Å². The predicted molar refractivity (Wildman–Crippen MR) is 75.1 cm³/mol. The summed E-state index contributed by atoms with van der Waals surface area (Å²) in [6.07, 6.45) is -0.0466. The normalized spacial score (nSPS) is 11.2. The molecule has 1 N–H and O–H groups in total. The second-order valence-electron chi connectivity index (χ2n) is 5.50. The SMILES string of the molecule is CCN(C(=O)CC(C)(C)CC(=O)O)c1ccccc1F. The van der Waals surface area contributed by atoms with Gasteiger partial charge in [-0.05, 0) is 24.5 Å². The third-order valence-corrected chi connectivity index (χ3v) is 3.02. The van der Waals surface area contributed by atoms with Gasteiger partial charge in [-0.2, -0.15) is 0 Å². The Bertz CT molecular complexity index is 500. The topological polar surface area (TPSA) is 57.6 Å². The molecule has 0 aliphatic carbocycles. The highest BCUT2D eigenvalue weighted by molar-refractivity contribution is 5.94. The lowest BCUT2D eigenvalue weighted by atomic mass is 9.85. The average Bonchev–Trinajstić information content (AvgIpc) is 2.29. The molecule has 0 fully saturated rings. The standard InChI is InChI=1S/C15H20FNO3/c1-4-17(12-8-6-5-7-11(12)16)13(18)9-15(2,3)10-14(19)20/h5-8H,4,9-10H2,1-3H3,(H,19,20). The highest BCUT2D eigenvalue weighted by Crippen LogP contribution is 2.28. The second-order valence-corrected chi connectivity index (χ2v) is 5.50. The van der Waals surface area contributed by atoms with Gasteiger partial charge >= 0.3 is 5.97 Å². The number of hydrogen-bond acceptors (Lipinski definition) is 2. The molecule has 0 atom stereocenters. The summed E-state index contributed by atoms with van der Waals surface area (Å²) in [5.74, 6) is -1.68. The fourth-order valence-electron chi connectivity index (χ4n) is 2.13. The van der Waals surface area contributed by atoms with Crippen LogP contribution in [0.3, 0.4) is 0 Å². The minimum Gasteiger partial charge on any atom is -0.481 e. The van der Waals surface area contributed by atoms with Crippen LogP contribution in [-0.4, -0.2) is 23.5 Å². The molecular weight excluding hydrogens is 261 g/mol. The van der Waals surface area contributed by atoms with E-state index in [1.54, 1.807) is 39.0 Å². The third kappa shape index (κ3) is 4.33. The van der Waals surface area contributed by atoms with Crippen LogP contribution >= 0.6 is 0 Å². The number of nitrogens with zero attached hydrogens (tertiary/aromatic N) is 1. The first kappa shape index (κ1) is 16.1. The number of halogens is 1. The van der Waals surface area contributed by atoms with Crippen LogP contribution in [0.1, 0.15) is 33.6 Å². The Labute approximate surface area is 118 Å². The molecule has 1 aromatic carbocycles. The molecule has 0 heterocycles. The van der Waals surface area contributed by atoms with Crippen molar-refractivity contribution < 1.29 is 19.1 Å². The summed E-state index contributed by atoms with van der Waals surface area (Å²) >= 11 is 0. The van der Waals surface area contributed by atoms with Gasteiger partial charge in [0, 0.05) is 13.0 Å². The number of carboxylic acids is 1. The number of para-hydroxylation sites is 1. The maximum absolute atomic E-state index is 13.7. The Morgan fingerprint density at radius 3 is 2.35 bits per heavy atom. The van der Waals surface area contributed by atoms with Gasteiger partial charge in [-0.25, -0.2) is 4.39 Å². The summed E-state index contributed by atoms with van der Waals surface area (Å²) in [4.78, 5) is 24.4. The number of hydrogen-bond donors (Lipinski definition) is 1. The fourth-order valence-corrected chi connectivity index (χ4v) is 2.13.